The van der Waals surface area contributed by atoms with E-state index in [0.29, 0.717) is 0 Å². The lowest BCUT2D eigenvalue weighted by Crippen LogP contribution is -2.38. The highest BCUT2D eigenvalue weighted by molar-refractivity contribution is 5.97. The number of carbonyl (C=O) groups excluding carboxylic acids is 1. The Kier molecular flexibility index (Phi) is 5.55. The molecule has 2 rings (SSSR count). The summed E-state index contributed by atoms with van der Waals surface area (Å²) in [7, 11) is 0. The third-order valence-electron chi connectivity index (χ3n) is 3.15. The van der Waals surface area contributed by atoms with Crippen molar-refractivity contribution in [3.05, 3.63) is 65.5 Å². The molecule has 9 heteroatoms. The molecule has 0 aromatic heterocycles. The van der Waals surface area contributed by atoms with E-state index in [1.807, 2.05) is 0 Å². The third-order valence-corrected chi connectivity index (χ3v) is 3.15. The van der Waals surface area contributed by atoms with Gasteiger partial charge in [-0.25, -0.2) is 4.39 Å². The van der Waals surface area contributed by atoms with Crippen molar-refractivity contribution < 1.29 is 35.9 Å². The largest absolute Gasteiger partial charge is 0.434 e. The standard InChI is InChI=1S/C16H11F6NO2/c17-10-7-5-9(6-8-10)13(16(20,21)22)23-14(24)11-3-1-2-4-12(11)25-15(18)19/h1-8,13,15H,(H,23,24). The van der Waals surface area contributed by atoms with Crippen molar-refractivity contribution >= 4 is 5.91 Å². The van der Waals surface area contributed by atoms with Crippen LogP contribution in [-0.2, 0) is 0 Å². The Hall–Kier alpha value is -2.71. The second-order valence-electron chi connectivity index (χ2n) is 4.87. The van der Waals surface area contributed by atoms with Gasteiger partial charge in [-0.05, 0) is 29.8 Å². The SMILES string of the molecule is O=C(NC(c1ccc(F)cc1)C(F)(F)F)c1ccccc1OC(F)F. The van der Waals surface area contributed by atoms with Crippen LogP contribution in [0.3, 0.4) is 0 Å². The average molecular weight is 363 g/mol. The lowest BCUT2D eigenvalue weighted by atomic mass is 10.1. The van der Waals surface area contributed by atoms with Gasteiger partial charge < -0.3 is 10.1 Å². The maximum atomic E-state index is 13.2. The molecular formula is C16H11F6NO2. The number of rotatable bonds is 5. The van der Waals surface area contributed by atoms with Crippen LogP contribution in [0, 0.1) is 5.82 Å². The summed E-state index contributed by atoms with van der Waals surface area (Å²) < 4.78 is 81.4. The summed E-state index contributed by atoms with van der Waals surface area (Å²) in [6.45, 7) is -3.25. The van der Waals surface area contributed by atoms with Crippen molar-refractivity contribution in [2.24, 2.45) is 0 Å². The zero-order valence-corrected chi connectivity index (χ0v) is 12.4. The van der Waals surface area contributed by atoms with Gasteiger partial charge in [0.25, 0.3) is 5.91 Å². The van der Waals surface area contributed by atoms with E-state index in [1.165, 1.54) is 12.1 Å². The van der Waals surface area contributed by atoms with Gasteiger partial charge in [-0.15, -0.1) is 0 Å². The minimum absolute atomic E-state index is 0.408. The summed E-state index contributed by atoms with van der Waals surface area (Å²) in [6.07, 6.45) is -4.88. The van der Waals surface area contributed by atoms with Crippen LogP contribution in [-0.4, -0.2) is 18.7 Å². The molecule has 1 atom stereocenters. The number of halogens is 6. The fourth-order valence-electron chi connectivity index (χ4n) is 2.07. The summed E-state index contributed by atoms with van der Waals surface area (Å²) in [5.41, 5.74) is -0.895. The lowest BCUT2D eigenvalue weighted by Gasteiger charge is -2.22. The molecule has 0 heterocycles. The van der Waals surface area contributed by atoms with Gasteiger partial charge in [0.2, 0.25) is 0 Å². The molecule has 0 bridgehead atoms. The molecule has 2 aromatic carbocycles. The van der Waals surface area contributed by atoms with E-state index >= 15 is 0 Å². The van der Waals surface area contributed by atoms with Gasteiger partial charge in [-0.2, -0.15) is 22.0 Å². The first-order valence-electron chi connectivity index (χ1n) is 6.85. The Labute approximate surface area is 138 Å². The zero-order valence-electron chi connectivity index (χ0n) is 12.4. The summed E-state index contributed by atoms with van der Waals surface area (Å²) in [4.78, 5) is 12.1. The lowest BCUT2D eigenvalue weighted by molar-refractivity contribution is -0.155. The maximum Gasteiger partial charge on any atom is 0.412 e. The summed E-state index contributed by atoms with van der Waals surface area (Å²) >= 11 is 0. The predicted octanol–water partition coefficient (Wildman–Crippen LogP) is 4.46. The molecule has 2 aromatic rings. The molecule has 0 radical (unpaired) electrons. The monoisotopic (exact) mass is 363 g/mol. The first-order chi connectivity index (χ1) is 11.7. The normalized spacial score (nSPS) is 12.8. The van der Waals surface area contributed by atoms with Gasteiger partial charge in [0.05, 0.1) is 5.56 Å². The topological polar surface area (TPSA) is 38.3 Å². The third kappa shape index (κ3) is 4.88. The van der Waals surface area contributed by atoms with Crippen molar-refractivity contribution in [2.75, 3.05) is 0 Å². The Morgan fingerprint density at radius 2 is 1.60 bits per heavy atom. The van der Waals surface area contributed by atoms with Crippen molar-refractivity contribution in [3.63, 3.8) is 0 Å². The Bertz CT molecular complexity index is 730. The predicted molar refractivity (Wildman–Crippen MR) is 75.7 cm³/mol. The minimum Gasteiger partial charge on any atom is -0.434 e. The van der Waals surface area contributed by atoms with Gasteiger partial charge in [0.15, 0.2) is 6.04 Å². The Balaban J connectivity index is 2.31. The number of benzene rings is 2. The summed E-state index contributed by atoms with van der Waals surface area (Å²) in [5, 5.41) is 1.71. The Morgan fingerprint density at radius 1 is 1.00 bits per heavy atom. The Morgan fingerprint density at radius 3 is 2.16 bits per heavy atom. The maximum absolute atomic E-state index is 13.2. The second kappa shape index (κ2) is 7.45. The number of amides is 1. The van der Waals surface area contributed by atoms with Gasteiger partial charge >= 0.3 is 12.8 Å². The molecule has 0 spiro atoms. The van der Waals surface area contributed by atoms with Crippen molar-refractivity contribution in [3.8, 4) is 5.75 Å². The number of hydrogen-bond donors (Lipinski definition) is 1. The molecule has 0 saturated heterocycles. The quantitative estimate of drug-likeness (QED) is 0.797. The second-order valence-corrected chi connectivity index (χ2v) is 4.87. The van der Waals surface area contributed by atoms with Crippen LogP contribution < -0.4 is 10.1 Å². The van der Waals surface area contributed by atoms with Crippen LogP contribution in [0.25, 0.3) is 0 Å². The summed E-state index contributed by atoms with van der Waals surface area (Å²) in [5.74, 6) is -2.57. The van der Waals surface area contributed by atoms with E-state index in [4.69, 9.17) is 0 Å². The van der Waals surface area contributed by atoms with Crippen LogP contribution in [0.5, 0.6) is 5.75 Å². The fourth-order valence-corrected chi connectivity index (χ4v) is 2.07. The highest BCUT2D eigenvalue weighted by Crippen LogP contribution is 2.33. The van der Waals surface area contributed by atoms with Crippen LogP contribution in [0.15, 0.2) is 48.5 Å². The highest BCUT2D eigenvalue weighted by atomic mass is 19.4. The van der Waals surface area contributed by atoms with Crippen LogP contribution in [0.4, 0.5) is 26.3 Å². The van der Waals surface area contributed by atoms with E-state index in [1.54, 1.807) is 5.32 Å². The van der Waals surface area contributed by atoms with E-state index in [2.05, 4.69) is 4.74 Å². The molecule has 3 nitrogen and oxygen atoms in total. The number of nitrogens with one attached hydrogen (secondary N) is 1. The van der Waals surface area contributed by atoms with E-state index < -0.39 is 47.4 Å². The molecule has 25 heavy (non-hydrogen) atoms. The molecule has 0 fully saturated rings. The summed E-state index contributed by atoms with van der Waals surface area (Å²) in [6, 6.07) is 5.57. The molecule has 0 aliphatic rings. The van der Waals surface area contributed by atoms with Crippen LogP contribution >= 0.6 is 0 Å². The first kappa shape index (κ1) is 18.6. The molecule has 1 unspecified atom stereocenters. The number of para-hydroxylation sites is 1. The van der Waals surface area contributed by atoms with Crippen molar-refractivity contribution in [2.45, 2.75) is 18.8 Å². The molecule has 134 valence electrons. The number of ether oxygens (including phenoxy) is 1. The zero-order chi connectivity index (χ0) is 18.6. The number of alkyl halides is 5. The highest BCUT2D eigenvalue weighted by Gasteiger charge is 2.42. The molecule has 0 saturated carbocycles. The van der Waals surface area contributed by atoms with Gasteiger partial charge in [0, 0.05) is 0 Å². The van der Waals surface area contributed by atoms with Gasteiger partial charge in [-0.1, -0.05) is 24.3 Å². The number of carbonyl (C=O) groups is 1. The smallest absolute Gasteiger partial charge is 0.412 e. The average Bonchev–Trinajstić information content (AvgIpc) is 2.52. The molecule has 0 aliphatic carbocycles. The molecule has 0 aliphatic heterocycles. The van der Waals surface area contributed by atoms with Gasteiger partial charge in [0.1, 0.15) is 11.6 Å². The number of hydrogen-bond acceptors (Lipinski definition) is 2. The fraction of sp³-hybridized carbons (Fsp3) is 0.188. The van der Waals surface area contributed by atoms with E-state index in [9.17, 15) is 31.1 Å². The van der Waals surface area contributed by atoms with Crippen molar-refractivity contribution in [1.29, 1.82) is 0 Å². The van der Waals surface area contributed by atoms with Crippen molar-refractivity contribution in [1.82, 2.24) is 5.32 Å². The van der Waals surface area contributed by atoms with E-state index in [0.717, 1.165) is 36.4 Å². The minimum atomic E-state index is -4.88. The molecule has 1 N–H and O–H groups in total. The van der Waals surface area contributed by atoms with Crippen LogP contribution in [0.1, 0.15) is 22.0 Å². The van der Waals surface area contributed by atoms with Gasteiger partial charge in [-0.3, -0.25) is 4.79 Å². The molecule has 1 amide bonds. The van der Waals surface area contributed by atoms with Crippen LogP contribution in [0.2, 0.25) is 0 Å². The first-order valence-corrected chi connectivity index (χ1v) is 6.85. The van der Waals surface area contributed by atoms with E-state index in [-0.39, 0.29) is 0 Å². The molecular weight excluding hydrogens is 352 g/mol.